The van der Waals surface area contributed by atoms with Gasteiger partial charge in [-0.1, -0.05) is 0 Å². The fourth-order valence-corrected chi connectivity index (χ4v) is 1.17. The number of rotatable bonds is 1. The van der Waals surface area contributed by atoms with E-state index in [1.165, 1.54) is 0 Å². The van der Waals surface area contributed by atoms with E-state index in [1.54, 1.807) is 36.7 Å². The Morgan fingerprint density at radius 1 is 0.708 bits per heavy atom. The van der Waals surface area contributed by atoms with Crippen LogP contribution in [0.25, 0.3) is 11.4 Å². The quantitative estimate of drug-likeness (QED) is 0.243. The van der Waals surface area contributed by atoms with Crippen molar-refractivity contribution in [1.82, 2.24) is 9.97 Å². The number of hydrogen-bond acceptors (Lipinski definition) is 4. The average molecular weight is 599 g/mol. The van der Waals surface area contributed by atoms with E-state index in [-0.39, 0.29) is 47.2 Å². The molecule has 24 heavy (non-hydrogen) atoms. The van der Waals surface area contributed by atoms with Crippen LogP contribution < -0.4 is 36.3 Å². The van der Waals surface area contributed by atoms with Gasteiger partial charge >= 0.3 is 55.4 Å². The molecular formula is C10H10AuCl2F6N4P. The third-order valence-electron chi connectivity index (χ3n) is 1.83. The minimum Gasteiger partial charge on any atom is -1.00 e. The summed E-state index contributed by atoms with van der Waals surface area (Å²) < 4.78 is 59.2. The zero-order chi connectivity index (χ0) is 16.4. The van der Waals surface area contributed by atoms with Crippen LogP contribution in [0, 0.1) is 0 Å². The summed E-state index contributed by atoms with van der Waals surface area (Å²) in [6.45, 7) is 0. The molecule has 2 aromatic heterocycles. The summed E-state index contributed by atoms with van der Waals surface area (Å²) in [5.41, 5.74) is 14.1. The summed E-state index contributed by atoms with van der Waals surface area (Å²) in [6, 6.07) is 7.00. The predicted octanol–water partition coefficient (Wildman–Crippen LogP) is -1.30. The number of nitrogens with zero attached hydrogens (tertiary/aromatic N) is 2. The van der Waals surface area contributed by atoms with E-state index < -0.39 is 7.81 Å². The minimum absolute atomic E-state index is 0. The Morgan fingerprint density at radius 2 is 0.958 bits per heavy atom. The Hall–Kier alpha value is -0.770. The summed E-state index contributed by atoms with van der Waals surface area (Å²) in [7, 11) is -10.7. The summed E-state index contributed by atoms with van der Waals surface area (Å²) in [5.74, 6) is 0. The van der Waals surface area contributed by atoms with Gasteiger partial charge in [-0.2, -0.15) is 0 Å². The third-order valence-corrected chi connectivity index (χ3v) is 1.83. The Labute approximate surface area is 161 Å². The van der Waals surface area contributed by atoms with Gasteiger partial charge in [0.1, 0.15) is 0 Å². The number of aromatic nitrogens is 2. The van der Waals surface area contributed by atoms with Gasteiger partial charge in [-0.3, -0.25) is 9.97 Å². The molecule has 0 aromatic carbocycles. The molecule has 0 saturated carbocycles. The van der Waals surface area contributed by atoms with Crippen molar-refractivity contribution in [2.75, 3.05) is 11.5 Å². The molecule has 0 atom stereocenters. The Kier molecular flexibility index (Phi) is 9.99. The van der Waals surface area contributed by atoms with Crippen LogP contribution in [0.4, 0.5) is 36.6 Å². The fraction of sp³-hybridized carbons (Fsp3) is 0. The molecule has 0 saturated heterocycles. The maximum atomic E-state index is 9.87. The molecule has 0 radical (unpaired) electrons. The van der Waals surface area contributed by atoms with Gasteiger partial charge in [0, 0.05) is 23.8 Å². The van der Waals surface area contributed by atoms with Crippen molar-refractivity contribution in [3.05, 3.63) is 36.7 Å². The molecule has 14 heteroatoms. The van der Waals surface area contributed by atoms with Gasteiger partial charge in [-0.25, -0.2) is 0 Å². The van der Waals surface area contributed by atoms with Gasteiger partial charge in [0.15, 0.2) is 0 Å². The van der Waals surface area contributed by atoms with Gasteiger partial charge in [0.05, 0.1) is 11.4 Å². The predicted molar refractivity (Wildman–Crippen MR) is 69.9 cm³/mol. The standard InChI is InChI=1S/C10H10N4.Au.2ClH.F6P/c11-7-1-3-13-9(5-7)10-6-8(12)2-4-14-10;;;;1-7(2,3,4,5)6/h1-6H,(H2,11,13)(H2,12,14);;2*1H;/q;+3;;;-1/p-2. The van der Waals surface area contributed by atoms with Gasteiger partial charge in [0.25, 0.3) is 0 Å². The third kappa shape index (κ3) is 16.1. The van der Waals surface area contributed by atoms with Crippen LogP contribution in [0.5, 0.6) is 0 Å². The van der Waals surface area contributed by atoms with Crippen LogP contribution in [0.3, 0.4) is 0 Å². The molecule has 4 nitrogen and oxygen atoms in total. The first-order valence-electron chi connectivity index (χ1n) is 5.20. The maximum Gasteiger partial charge on any atom is 3.00 e. The first kappa shape index (κ1) is 28.1. The molecular weight excluding hydrogens is 589 g/mol. The zero-order valence-corrected chi connectivity index (χ0v) is 15.9. The van der Waals surface area contributed by atoms with Crippen molar-refractivity contribution in [2.24, 2.45) is 0 Å². The Balaban J connectivity index is -0.000000389. The fourth-order valence-electron chi connectivity index (χ4n) is 1.17. The number of halogens is 8. The second kappa shape index (κ2) is 8.55. The summed E-state index contributed by atoms with van der Waals surface area (Å²) in [5, 5.41) is 0. The smallest absolute Gasteiger partial charge is 1.00 e. The number of pyridine rings is 2. The Bertz CT molecular complexity index is 604. The second-order valence-corrected chi connectivity index (χ2v) is 5.82. The van der Waals surface area contributed by atoms with Crippen molar-refractivity contribution in [3.8, 4) is 11.4 Å². The van der Waals surface area contributed by atoms with Crippen LogP contribution in [-0.4, -0.2) is 9.97 Å². The first-order chi connectivity index (χ1) is 9.20. The van der Waals surface area contributed by atoms with E-state index in [9.17, 15) is 25.2 Å². The van der Waals surface area contributed by atoms with Crippen molar-refractivity contribution in [3.63, 3.8) is 0 Å². The summed E-state index contributed by atoms with van der Waals surface area (Å²) >= 11 is 0. The molecule has 0 fully saturated rings. The van der Waals surface area contributed by atoms with Crippen LogP contribution >= 0.6 is 7.81 Å². The van der Waals surface area contributed by atoms with Crippen LogP contribution in [0.1, 0.15) is 0 Å². The maximum absolute atomic E-state index is 10.7. The first-order valence-corrected chi connectivity index (χ1v) is 7.23. The monoisotopic (exact) mass is 598 g/mol. The molecule has 4 N–H and O–H groups in total. The van der Waals surface area contributed by atoms with E-state index in [4.69, 9.17) is 11.5 Å². The largest absolute Gasteiger partial charge is 3.00 e. The van der Waals surface area contributed by atoms with Crippen molar-refractivity contribution < 1.29 is 72.4 Å². The molecule has 0 aliphatic rings. The van der Waals surface area contributed by atoms with Gasteiger partial charge in [-0.15, -0.1) is 0 Å². The number of nitrogen functional groups attached to an aromatic ring is 2. The van der Waals surface area contributed by atoms with E-state index in [1.807, 2.05) is 0 Å². The topological polar surface area (TPSA) is 77.8 Å². The molecule has 2 rings (SSSR count). The normalized spacial score (nSPS) is 12.6. The SMILES string of the molecule is F[P-](F)(F)(F)(F)F.Nc1ccnc(-c2cc(N)ccn2)c1.[Au+3].[Cl-].[Cl-]. The molecule has 2 heterocycles. The molecule has 0 aliphatic carbocycles. The van der Waals surface area contributed by atoms with E-state index in [0.29, 0.717) is 11.4 Å². The Morgan fingerprint density at radius 3 is 1.17 bits per heavy atom. The van der Waals surface area contributed by atoms with Crippen molar-refractivity contribution >= 4 is 19.2 Å². The number of anilines is 2. The molecule has 0 spiro atoms. The van der Waals surface area contributed by atoms with Crippen molar-refractivity contribution in [1.29, 1.82) is 0 Å². The van der Waals surface area contributed by atoms with Gasteiger partial charge < -0.3 is 36.3 Å². The molecule has 0 amide bonds. The molecule has 0 unspecified atom stereocenters. The zero-order valence-electron chi connectivity index (χ0n) is 11.3. The van der Waals surface area contributed by atoms with Crippen LogP contribution in [0.2, 0.25) is 0 Å². The van der Waals surface area contributed by atoms with E-state index in [2.05, 4.69) is 9.97 Å². The summed E-state index contributed by atoms with van der Waals surface area (Å²) in [6.07, 6.45) is 3.30. The van der Waals surface area contributed by atoms with E-state index in [0.717, 1.165) is 11.4 Å². The van der Waals surface area contributed by atoms with Crippen LogP contribution in [0.15, 0.2) is 36.7 Å². The van der Waals surface area contributed by atoms with Crippen LogP contribution in [-0.2, 0) is 22.4 Å². The van der Waals surface area contributed by atoms with Gasteiger partial charge in [0.2, 0.25) is 0 Å². The molecule has 2 aromatic rings. The van der Waals surface area contributed by atoms with E-state index >= 15 is 0 Å². The van der Waals surface area contributed by atoms with Crippen molar-refractivity contribution in [2.45, 2.75) is 0 Å². The number of nitrogens with two attached hydrogens (primary N) is 2. The summed E-state index contributed by atoms with van der Waals surface area (Å²) in [4.78, 5) is 8.31. The molecule has 0 bridgehead atoms. The molecule has 142 valence electrons. The number of hydrogen-bond donors (Lipinski definition) is 2. The second-order valence-electron chi connectivity index (χ2n) is 3.91. The van der Waals surface area contributed by atoms with Gasteiger partial charge in [-0.05, 0) is 24.3 Å². The minimum atomic E-state index is -10.7. The molecule has 0 aliphatic heterocycles. The average Bonchev–Trinajstić information content (AvgIpc) is 2.25.